The molecular weight excluding hydrogens is 853 g/mol. The van der Waals surface area contributed by atoms with Gasteiger partial charge in [0.2, 0.25) is 0 Å². The molecule has 0 fully saturated rings. The molecule has 0 saturated heterocycles. The van der Waals surface area contributed by atoms with Crippen molar-refractivity contribution in [3.63, 3.8) is 0 Å². The third kappa shape index (κ3) is 55.1. The number of esters is 3. The molecule has 0 aromatic rings. The van der Waals surface area contributed by atoms with Crippen LogP contribution in [0, 0.1) is 0 Å². The van der Waals surface area contributed by atoms with E-state index in [0.29, 0.717) is 19.3 Å². The number of hydrogen-bond acceptors (Lipinski definition) is 6. The van der Waals surface area contributed by atoms with E-state index in [1.54, 1.807) is 0 Å². The maximum atomic E-state index is 12.8. The van der Waals surface area contributed by atoms with E-state index in [4.69, 9.17) is 14.2 Å². The summed E-state index contributed by atoms with van der Waals surface area (Å²) in [6, 6.07) is 0. The van der Waals surface area contributed by atoms with Crippen molar-refractivity contribution in [3.8, 4) is 0 Å². The second-order valence-electron chi connectivity index (χ2n) is 18.8. The lowest BCUT2D eigenvalue weighted by atomic mass is 10.1. The largest absolute Gasteiger partial charge is 0.462 e. The molecule has 0 aromatic heterocycles. The molecule has 394 valence electrons. The Labute approximate surface area is 426 Å². The second kappa shape index (κ2) is 56.9. The highest BCUT2D eigenvalue weighted by Crippen LogP contribution is 2.15. The number of ether oxygens (including phenoxy) is 3. The quantitative estimate of drug-likeness (QED) is 0.0262. The average Bonchev–Trinajstić information content (AvgIpc) is 3.35. The fourth-order valence-electron chi connectivity index (χ4n) is 7.80. The van der Waals surface area contributed by atoms with Gasteiger partial charge in [-0.2, -0.15) is 0 Å². The maximum Gasteiger partial charge on any atom is 0.306 e. The van der Waals surface area contributed by atoms with Crippen LogP contribution in [0.3, 0.4) is 0 Å². The molecule has 6 nitrogen and oxygen atoms in total. The number of hydrogen-bond donors (Lipinski definition) is 0. The molecule has 0 aliphatic heterocycles. The van der Waals surface area contributed by atoms with Crippen molar-refractivity contribution in [1.29, 1.82) is 0 Å². The third-order valence-corrected chi connectivity index (χ3v) is 12.1. The highest BCUT2D eigenvalue weighted by atomic mass is 16.6. The van der Waals surface area contributed by atoms with Crippen LogP contribution < -0.4 is 0 Å². The predicted molar refractivity (Wildman–Crippen MR) is 297 cm³/mol. The van der Waals surface area contributed by atoms with Crippen LogP contribution in [-0.2, 0) is 28.6 Å². The first-order chi connectivity index (χ1) is 34.0. The lowest BCUT2D eigenvalue weighted by Crippen LogP contribution is -2.30. The minimum atomic E-state index is -0.799. The summed E-state index contributed by atoms with van der Waals surface area (Å²) >= 11 is 0. The number of carbonyl (C=O) groups excluding carboxylic acids is 3. The van der Waals surface area contributed by atoms with Gasteiger partial charge in [-0.1, -0.05) is 227 Å². The van der Waals surface area contributed by atoms with E-state index in [-0.39, 0.29) is 31.1 Å². The summed E-state index contributed by atoms with van der Waals surface area (Å²) in [4.78, 5) is 38.2. The van der Waals surface area contributed by atoms with E-state index in [1.807, 2.05) is 0 Å². The van der Waals surface area contributed by atoms with Gasteiger partial charge in [0.05, 0.1) is 0 Å². The van der Waals surface area contributed by atoms with Crippen LogP contribution >= 0.6 is 0 Å². The fraction of sp³-hybridized carbons (Fsp3) is 0.698. The van der Waals surface area contributed by atoms with E-state index >= 15 is 0 Å². The normalized spacial score (nSPS) is 12.8. The fourth-order valence-corrected chi connectivity index (χ4v) is 7.80. The minimum Gasteiger partial charge on any atom is -0.462 e. The van der Waals surface area contributed by atoms with Crippen molar-refractivity contribution in [1.82, 2.24) is 0 Å². The number of allylic oxidation sites excluding steroid dienone is 16. The molecular formula is C63H106O6. The summed E-state index contributed by atoms with van der Waals surface area (Å²) in [6.45, 7) is 6.38. The molecule has 0 heterocycles. The lowest BCUT2D eigenvalue weighted by Gasteiger charge is -2.18. The Morgan fingerprint density at radius 2 is 0.565 bits per heavy atom. The van der Waals surface area contributed by atoms with Crippen molar-refractivity contribution in [2.45, 2.75) is 271 Å². The van der Waals surface area contributed by atoms with Crippen molar-refractivity contribution in [3.05, 3.63) is 97.2 Å². The topological polar surface area (TPSA) is 78.9 Å². The Balaban J connectivity index is 4.44. The van der Waals surface area contributed by atoms with Gasteiger partial charge in [-0.25, -0.2) is 0 Å². The summed E-state index contributed by atoms with van der Waals surface area (Å²) in [5, 5.41) is 0. The third-order valence-electron chi connectivity index (χ3n) is 12.1. The van der Waals surface area contributed by atoms with Crippen LogP contribution in [0.2, 0.25) is 0 Å². The van der Waals surface area contributed by atoms with Crippen LogP contribution in [-0.4, -0.2) is 37.2 Å². The van der Waals surface area contributed by atoms with Crippen LogP contribution in [0.5, 0.6) is 0 Å². The van der Waals surface area contributed by atoms with Gasteiger partial charge >= 0.3 is 17.9 Å². The van der Waals surface area contributed by atoms with Gasteiger partial charge < -0.3 is 14.2 Å². The Morgan fingerprint density at radius 3 is 0.899 bits per heavy atom. The molecule has 0 spiro atoms. The summed E-state index contributed by atoms with van der Waals surface area (Å²) in [7, 11) is 0. The van der Waals surface area contributed by atoms with Crippen LogP contribution in [0.4, 0.5) is 0 Å². The zero-order valence-electron chi connectivity index (χ0n) is 45.0. The molecule has 0 aliphatic rings. The molecule has 6 heteroatoms. The minimum absolute atomic E-state index is 0.0940. The van der Waals surface area contributed by atoms with Crippen molar-refractivity contribution < 1.29 is 28.6 Å². The summed E-state index contributed by atoms with van der Waals surface area (Å²) in [6.07, 6.45) is 75.4. The average molecular weight is 960 g/mol. The molecule has 1 atom stereocenters. The molecule has 0 bridgehead atoms. The lowest BCUT2D eigenvalue weighted by molar-refractivity contribution is -0.167. The first kappa shape index (κ1) is 65.3. The highest BCUT2D eigenvalue weighted by molar-refractivity contribution is 5.71. The van der Waals surface area contributed by atoms with Gasteiger partial charge in [0, 0.05) is 19.3 Å². The molecule has 69 heavy (non-hydrogen) atoms. The summed E-state index contributed by atoms with van der Waals surface area (Å²) in [5.74, 6) is -0.935. The zero-order valence-corrected chi connectivity index (χ0v) is 45.0. The maximum absolute atomic E-state index is 12.8. The van der Waals surface area contributed by atoms with Gasteiger partial charge in [-0.3, -0.25) is 14.4 Å². The van der Waals surface area contributed by atoms with E-state index in [9.17, 15) is 14.4 Å². The summed E-state index contributed by atoms with van der Waals surface area (Å²) in [5.41, 5.74) is 0. The monoisotopic (exact) mass is 959 g/mol. The Bertz CT molecular complexity index is 1380. The molecule has 0 unspecified atom stereocenters. The van der Waals surface area contributed by atoms with Crippen molar-refractivity contribution in [2.24, 2.45) is 0 Å². The van der Waals surface area contributed by atoms with E-state index in [2.05, 4.69) is 118 Å². The Kier molecular flexibility index (Phi) is 53.9. The number of carbonyl (C=O) groups is 3. The van der Waals surface area contributed by atoms with Crippen LogP contribution in [0.25, 0.3) is 0 Å². The van der Waals surface area contributed by atoms with Gasteiger partial charge in [0.15, 0.2) is 6.10 Å². The molecule has 0 radical (unpaired) electrons. The first-order valence-corrected chi connectivity index (χ1v) is 28.7. The number of unbranched alkanes of at least 4 members (excludes halogenated alkanes) is 24. The second-order valence-corrected chi connectivity index (χ2v) is 18.8. The van der Waals surface area contributed by atoms with Gasteiger partial charge in [-0.05, 0) is 116 Å². The van der Waals surface area contributed by atoms with E-state index in [1.165, 1.54) is 89.9 Å². The molecule has 0 amide bonds. The van der Waals surface area contributed by atoms with Gasteiger partial charge in [0.1, 0.15) is 13.2 Å². The van der Waals surface area contributed by atoms with Gasteiger partial charge in [0.25, 0.3) is 0 Å². The molecule has 0 N–H and O–H groups in total. The van der Waals surface area contributed by atoms with Gasteiger partial charge in [-0.15, -0.1) is 0 Å². The molecule has 0 saturated carbocycles. The smallest absolute Gasteiger partial charge is 0.306 e. The summed E-state index contributed by atoms with van der Waals surface area (Å²) < 4.78 is 16.8. The molecule has 0 rings (SSSR count). The van der Waals surface area contributed by atoms with Crippen molar-refractivity contribution in [2.75, 3.05) is 13.2 Å². The van der Waals surface area contributed by atoms with Crippen LogP contribution in [0.15, 0.2) is 97.2 Å². The predicted octanol–water partition coefficient (Wildman–Crippen LogP) is 19.3. The Hall–Kier alpha value is -3.67. The number of rotatable bonds is 51. The first-order valence-electron chi connectivity index (χ1n) is 28.7. The standard InChI is InChI=1S/C63H106O6/c1-4-7-10-13-16-19-22-25-28-30-31-33-36-38-41-44-47-50-53-56-62(65)68-59-60(69-63(66)57-54-51-48-45-42-39-34-27-24-21-18-15-12-9-6-3)58-67-61(64)55-52-49-46-43-40-37-35-32-29-26-23-20-17-14-11-8-5-2/h8-9,11-12,17-18,20-21,25-29,34-35,37,60H,4-7,10,13-16,19,22-24,30-33,36,38-59H2,1-3H3/b11-8-,12-9-,20-17-,21-18-,28-25-,29-26-,34-27-,37-35-/t60-/m1/s1. The zero-order chi connectivity index (χ0) is 50.0. The van der Waals surface area contributed by atoms with E-state index < -0.39 is 6.10 Å². The molecule has 0 aliphatic carbocycles. The van der Waals surface area contributed by atoms with Crippen LogP contribution in [0.1, 0.15) is 265 Å². The highest BCUT2D eigenvalue weighted by Gasteiger charge is 2.19. The Morgan fingerprint density at radius 1 is 0.304 bits per heavy atom. The van der Waals surface area contributed by atoms with Crippen molar-refractivity contribution >= 4 is 17.9 Å². The van der Waals surface area contributed by atoms with E-state index in [0.717, 1.165) is 135 Å². The molecule has 0 aromatic carbocycles. The SMILES string of the molecule is CC/C=C\C/C=C\C/C=C\C/C=C\CCCCCCC(=O)OC[C@H](COC(=O)CCCCCCCCCCC/C=C\CCCCCCCC)OC(=O)CCCCCCC/C=C\C/C=C\C/C=C\CC.